The molecule has 1 aromatic heterocycles. The van der Waals surface area contributed by atoms with Crippen molar-refractivity contribution in [1.29, 1.82) is 0 Å². The van der Waals surface area contributed by atoms with E-state index >= 15 is 0 Å². The van der Waals surface area contributed by atoms with Crippen LogP contribution >= 0.6 is 11.3 Å². The molecule has 1 heterocycles. The normalized spacial score (nSPS) is 14.6. The molecule has 0 saturated heterocycles. The third kappa shape index (κ3) is 3.60. The number of nitrogens with two attached hydrogens (primary N) is 1. The van der Waals surface area contributed by atoms with Gasteiger partial charge in [-0.2, -0.15) is 0 Å². The first-order valence-corrected chi connectivity index (χ1v) is 5.99. The maximum Gasteiger partial charge on any atom is 0.237 e. The highest BCUT2D eigenvalue weighted by Gasteiger charge is 2.18. The van der Waals surface area contributed by atoms with Crippen LogP contribution in [-0.2, 0) is 11.3 Å². The van der Waals surface area contributed by atoms with Crippen LogP contribution in [0.5, 0.6) is 0 Å². The Labute approximate surface area is 93.9 Å². The number of nitrogens with one attached hydrogen (secondary N) is 1. The van der Waals surface area contributed by atoms with Crippen molar-refractivity contribution in [3.8, 4) is 0 Å². The third-order valence-corrected chi connectivity index (χ3v) is 3.12. The summed E-state index contributed by atoms with van der Waals surface area (Å²) < 4.78 is 0. The number of rotatable bonds is 5. The Hall–Kier alpha value is -0.940. The Morgan fingerprint density at radius 1 is 1.73 bits per heavy atom. The molecule has 1 aromatic rings. The number of hydrogen-bond acceptors (Lipinski definition) is 4. The Kier molecular flexibility index (Phi) is 4.71. The fourth-order valence-corrected chi connectivity index (χ4v) is 1.69. The molecule has 2 atom stereocenters. The lowest BCUT2D eigenvalue weighted by Crippen LogP contribution is -2.44. The minimum atomic E-state index is -0.423. The minimum absolute atomic E-state index is 0.0997. The van der Waals surface area contributed by atoms with Crippen LogP contribution in [0.4, 0.5) is 0 Å². The molecule has 0 aliphatic rings. The van der Waals surface area contributed by atoms with E-state index in [-0.39, 0.29) is 11.8 Å². The Morgan fingerprint density at radius 2 is 2.47 bits per heavy atom. The molecule has 0 aliphatic heterocycles. The van der Waals surface area contributed by atoms with E-state index in [1.54, 1.807) is 5.51 Å². The topological polar surface area (TPSA) is 68.0 Å². The van der Waals surface area contributed by atoms with Crippen LogP contribution in [0.25, 0.3) is 0 Å². The molecular formula is C10H17N3OS. The Morgan fingerprint density at radius 3 is 3.00 bits per heavy atom. The van der Waals surface area contributed by atoms with E-state index in [1.807, 2.05) is 19.2 Å². The van der Waals surface area contributed by atoms with Crippen LogP contribution in [0, 0.1) is 5.92 Å². The van der Waals surface area contributed by atoms with Gasteiger partial charge in [0, 0.05) is 5.38 Å². The van der Waals surface area contributed by atoms with E-state index < -0.39 is 6.04 Å². The minimum Gasteiger partial charge on any atom is -0.349 e. The van der Waals surface area contributed by atoms with Gasteiger partial charge < -0.3 is 11.1 Å². The molecular weight excluding hydrogens is 210 g/mol. The summed E-state index contributed by atoms with van der Waals surface area (Å²) in [5.41, 5.74) is 8.41. The smallest absolute Gasteiger partial charge is 0.237 e. The first kappa shape index (κ1) is 12.1. The van der Waals surface area contributed by atoms with E-state index in [4.69, 9.17) is 5.73 Å². The maximum absolute atomic E-state index is 11.6. The lowest BCUT2D eigenvalue weighted by atomic mass is 9.99. The number of amides is 1. The van der Waals surface area contributed by atoms with Crippen LogP contribution in [-0.4, -0.2) is 16.9 Å². The van der Waals surface area contributed by atoms with Gasteiger partial charge in [-0.3, -0.25) is 4.79 Å². The Balaban J connectivity index is 2.36. The van der Waals surface area contributed by atoms with E-state index in [1.165, 1.54) is 11.3 Å². The van der Waals surface area contributed by atoms with Crippen molar-refractivity contribution < 1.29 is 4.79 Å². The van der Waals surface area contributed by atoms with Crippen molar-refractivity contribution in [2.45, 2.75) is 32.9 Å². The summed E-state index contributed by atoms with van der Waals surface area (Å²) in [6, 6.07) is -0.423. The standard InChI is InChI=1S/C10H17N3OS/c1-3-7(2)9(11)10(14)12-4-8-5-15-6-13-8/h5-7,9H,3-4,11H2,1-2H3,(H,12,14)/t7-,9-/m0/s1. The number of aromatic nitrogens is 1. The second kappa shape index (κ2) is 5.82. The fourth-order valence-electron chi connectivity index (χ4n) is 1.13. The summed E-state index contributed by atoms with van der Waals surface area (Å²) in [5.74, 6) is 0.109. The quantitative estimate of drug-likeness (QED) is 0.792. The number of nitrogens with zero attached hydrogens (tertiary/aromatic N) is 1. The van der Waals surface area contributed by atoms with E-state index in [2.05, 4.69) is 10.3 Å². The van der Waals surface area contributed by atoms with Gasteiger partial charge in [0.2, 0.25) is 5.91 Å². The van der Waals surface area contributed by atoms with Crippen LogP contribution in [0.2, 0.25) is 0 Å². The van der Waals surface area contributed by atoms with Gasteiger partial charge in [0.05, 0.1) is 23.8 Å². The van der Waals surface area contributed by atoms with Gasteiger partial charge in [-0.05, 0) is 5.92 Å². The number of carbonyl (C=O) groups is 1. The van der Waals surface area contributed by atoms with Gasteiger partial charge in [0.25, 0.3) is 0 Å². The molecule has 0 aromatic carbocycles. The zero-order valence-corrected chi connectivity index (χ0v) is 9.88. The molecule has 0 radical (unpaired) electrons. The molecule has 0 unspecified atom stereocenters. The summed E-state index contributed by atoms with van der Waals surface area (Å²) in [6.07, 6.45) is 0.908. The molecule has 0 aliphatic carbocycles. The van der Waals surface area contributed by atoms with E-state index in [0.717, 1.165) is 12.1 Å². The number of thiazole rings is 1. The molecule has 84 valence electrons. The van der Waals surface area contributed by atoms with E-state index in [0.29, 0.717) is 6.54 Å². The van der Waals surface area contributed by atoms with E-state index in [9.17, 15) is 4.79 Å². The van der Waals surface area contributed by atoms with Crippen molar-refractivity contribution >= 4 is 17.2 Å². The summed E-state index contributed by atoms with van der Waals surface area (Å²) >= 11 is 1.52. The van der Waals surface area contributed by atoms with Gasteiger partial charge in [-0.25, -0.2) is 4.98 Å². The third-order valence-electron chi connectivity index (χ3n) is 2.49. The molecule has 0 saturated carbocycles. The SMILES string of the molecule is CC[C@H](C)[C@H](N)C(=O)NCc1cscn1. The molecule has 0 spiro atoms. The van der Waals surface area contributed by atoms with Crippen LogP contribution in [0.1, 0.15) is 26.0 Å². The predicted molar refractivity (Wildman–Crippen MR) is 61.4 cm³/mol. The average molecular weight is 227 g/mol. The molecule has 4 nitrogen and oxygen atoms in total. The summed E-state index contributed by atoms with van der Waals surface area (Å²) in [7, 11) is 0. The highest BCUT2D eigenvalue weighted by atomic mass is 32.1. The predicted octanol–water partition coefficient (Wildman–Crippen LogP) is 1.13. The first-order valence-electron chi connectivity index (χ1n) is 5.05. The second-order valence-electron chi connectivity index (χ2n) is 3.61. The van der Waals surface area contributed by atoms with Crippen molar-refractivity contribution in [3.63, 3.8) is 0 Å². The maximum atomic E-state index is 11.6. The van der Waals surface area contributed by atoms with Crippen LogP contribution in [0.15, 0.2) is 10.9 Å². The van der Waals surface area contributed by atoms with Gasteiger partial charge in [0.1, 0.15) is 0 Å². The second-order valence-corrected chi connectivity index (χ2v) is 4.33. The zero-order chi connectivity index (χ0) is 11.3. The molecule has 0 fully saturated rings. The molecule has 5 heteroatoms. The lowest BCUT2D eigenvalue weighted by molar-refractivity contribution is -0.123. The van der Waals surface area contributed by atoms with Crippen molar-refractivity contribution in [2.75, 3.05) is 0 Å². The summed E-state index contributed by atoms with van der Waals surface area (Å²) in [4.78, 5) is 15.7. The monoisotopic (exact) mass is 227 g/mol. The molecule has 1 rings (SSSR count). The Bertz CT molecular complexity index is 300. The van der Waals surface area contributed by atoms with Crippen molar-refractivity contribution in [2.24, 2.45) is 11.7 Å². The fraction of sp³-hybridized carbons (Fsp3) is 0.600. The van der Waals surface area contributed by atoms with Gasteiger partial charge in [-0.1, -0.05) is 20.3 Å². The van der Waals surface area contributed by atoms with Crippen LogP contribution < -0.4 is 11.1 Å². The van der Waals surface area contributed by atoms with Gasteiger partial charge in [0.15, 0.2) is 0 Å². The van der Waals surface area contributed by atoms with Gasteiger partial charge in [-0.15, -0.1) is 11.3 Å². The van der Waals surface area contributed by atoms with Crippen molar-refractivity contribution in [1.82, 2.24) is 10.3 Å². The highest BCUT2D eigenvalue weighted by Crippen LogP contribution is 2.06. The first-order chi connectivity index (χ1) is 7.15. The van der Waals surface area contributed by atoms with Crippen LogP contribution in [0.3, 0.4) is 0 Å². The number of carbonyl (C=O) groups excluding carboxylic acids is 1. The van der Waals surface area contributed by atoms with Crippen molar-refractivity contribution in [3.05, 3.63) is 16.6 Å². The molecule has 0 bridgehead atoms. The average Bonchev–Trinajstić information content (AvgIpc) is 2.76. The number of hydrogen-bond donors (Lipinski definition) is 2. The summed E-state index contributed by atoms with van der Waals surface area (Å²) in [6.45, 7) is 4.47. The highest BCUT2D eigenvalue weighted by molar-refractivity contribution is 7.07. The largest absolute Gasteiger partial charge is 0.349 e. The van der Waals surface area contributed by atoms with Gasteiger partial charge >= 0.3 is 0 Å². The molecule has 1 amide bonds. The molecule has 15 heavy (non-hydrogen) atoms. The summed E-state index contributed by atoms with van der Waals surface area (Å²) in [5, 5.41) is 4.69. The zero-order valence-electron chi connectivity index (χ0n) is 9.06. The molecule has 3 N–H and O–H groups in total. The lowest BCUT2D eigenvalue weighted by Gasteiger charge is -2.17.